The Labute approximate surface area is 57.6 Å². The van der Waals surface area contributed by atoms with Crippen LogP contribution in [0.3, 0.4) is 0 Å². The molecule has 0 bridgehead atoms. The zero-order valence-corrected chi connectivity index (χ0v) is 6.33. The van der Waals surface area contributed by atoms with E-state index in [-0.39, 0.29) is 0 Å². The van der Waals surface area contributed by atoms with Gasteiger partial charge in [-0.1, -0.05) is 0 Å². The van der Waals surface area contributed by atoms with Crippen molar-refractivity contribution in [2.24, 2.45) is 0 Å². The Hall–Kier alpha value is -0.310. The van der Waals surface area contributed by atoms with Gasteiger partial charge in [-0.25, -0.2) is 0 Å². The van der Waals surface area contributed by atoms with Gasteiger partial charge < -0.3 is 5.32 Å². The number of hydrogen-bond acceptors (Lipinski definition) is 2. The highest BCUT2D eigenvalue weighted by Gasteiger charge is 1.74. The van der Waals surface area contributed by atoms with Gasteiger partial charge in [-0.2, -0.15) is 0 Å². The Bertz CT molecular complexity index is 98.6. The van der Waals surface area contributed by atoms with Crippen LogP contribution in [-0.4, -0.2) is 11.2 Å². The Morgan fingerprint density at radius 2 is 2.50 bits per heavy atom. The molecule has 2 nitrogen and oxygen atoms in total. The molecule has 3 heteroatoms. The monoisotopic (exact) mass is 176 g/mol. The van der Waals surface area contributed by atoms with Gasteiger partial charge in [-0.05, 0) is 35.1 Å². The van der Waals surface area contributed by atoms with Gasteiger partial charge in [-0.3, -0.25) is 5.41 Å². The molecular weight excluding hydrogens is 168 g/mol. The third kappa shape index (κ3) is 5.69. The summed E-state index contributed by atoms with van der Waals surface area (Å²) in [5, 5.41) is 9.79. The van der Waals surface area contributed by atoms with Crippen LogP contribution in [0.2, 0.25) is 0 Å². The van der Waals surface area contributed by atoms with Crippen molar-refractivity contribution in [3.05, 3.63) is 12.3 Å². The summed E-state index contributed by atoms with van der Waals surface area (Å²) in [5.74, 6) is 0. The summed E-state index contributed by atoms with van der Waals surface area (Å²) in [6.07, 6.45) is 3.38. The van der Waals surface area contributed by atoms with Crippen molar-refractivity contribution in [1.29, 1.82) is 5.41 Å². The molecular formula is C5H9BrN2. The SMILES string of the molecule is CCNC=CC(=N)Br. The lowest BCUT2D eigenvalue weighted by molar-refractivity contribution is 0.920. The lowest BCUT2D eigenvalue weighted by Gasteiger charge is -1.87. The lowest BCUT2D eigenvalue weighted by Crippen LogP contribution is -2.01. The van der Waals surface area contributed by atoms with Crippen LogP contribution in [0.5, 0.6) is 0 Å². The Morgan fingerprint density at radius 1 is 1.88 bits per heavy atom. The van der Waals surface area contributed by atoms with Crippen molar-refractivity contribution in [3.63, 3.8) is 0 Å². The highest BCUT2D eigenvalue weighted by molar-refractivity contribution is 9.18. The van der Waals surface area contributed by atoms with E-state index in [1.165, 1.54) is 0 Å². The van der Waals surface area contributed by atoms with Crippen LogP contribution in [0.4, 0.5) is 0 Å². The van der Waals surface area contributed by atoms with E-state index in [4.69, 9.17) is 5.41 Å². The van der Waals surface area contributed by atoms with Crippen LogP contribution in [0, 0.1) is 5.41 Å². The molecule has 0 aromatic rings. The molecule has 0 aromatic carbocycles. The molecule has 0 aromatic heterocycles. The van der Waals surface area contributed by atoms with Gasteiger partial charge >= 0.3 is 0 Å². The maximum atomic E-state index is 6.86. The maximum Gasteiger partial charge on any atom is 0.0981 e. The first kappa shape index (κ1) is 7.69. The van der Waals surface area contributed by atoms with Gasteiger partial charge in [0, 0.05) is 6.54 Å². The molecule has 0 spiro atoms. The number of nitrogens with one attached hydrogen (secondary N) is 2. The summed E-state index contributed by atoms with van der Waals surface area (Å²) in [4.78, 5) is 0. The topological polar surface area (TPSA) is 35.9 Å². The normalized spacial score (nSPS) is 9.75. The third-order valence-corrected chi connectivity index (χ3v) is 0.816. The van der Waals surface area contributed by atoms with Crippen molar-refractivity contribution in [1.82, 2.24) is 5.32 Å². The van der Waals surface area contributed by atoms with E-state index in [1.54, 1.807) is 12.3 Å². The molecule has 0 unspecified atom stereocenters. The van der Waals surface area contributed by atoms with Crippen LogP contribution in [0.1, 0.15) is 6.92 Å². The fourth-order valence-corrected chi connectivity index (χ4v) is 0.382. The molecule has 8 heavy (non-hydrogen) atoms. The molecule has 0 amide bonds. The van der Waals surface area contributed by atoms with Crippen LogP contribution >= 0.6 is 15.9 Å². The predicted octanol–water partition coefficient (Wildman–Crippen LogP) is 1.48. The summed E-state index contributed by atoms with van der Waals surface area (Å²) >= 11 is 2.96. The van der Waals surface area contributed by atoms with Crippen LogP contribution in [-0.2, 0) is 0 Å². The third-order valence-electron chi connectivity index (χ3n) is 0.552. The van der Waals surface area contributed by atoms with Gasteiger partial charge in [-0.15, -0.1) is 0 Å². The molecule has 0 aliphatic rings. The first-order valence-electron chi connectivity index (χ1n) is 2.41. The van der Waals surface area contributed by atoms with Crippen LogP contribution < -0.4 is 5.32 Å². The van der Waals surface area contributed by atoms with Crippen molar-refractivity contribution >= 4 is 20.6 Å². The average Bonchev–Trinajstić information content (AvgIpc) is 1.66. The number of halogens is 1. The van der Waals surface area contributed by atoms with Gasteiger partial charge in [0.25, 0.3) is 0 Å². The molecule has 2 N–H and O–H groups in total. The summed E-state index contributed by atoms with van der Waals surface area (Å²) < 4.78 is 0.387. The van der Waals surface area contributed by atoms with Crippen LogP contribution in [0.15, 0.2) is 12.3 Å². The van der Waals surface area contributed by atoms with Gasteiger partial charge in [0.05, 0.1) is 4.62 Å². The van der Waals surface area contributed by atoms with Crippen LogP contribution in [0.25, 0.3) is 0 Å². The molecule has 0 radical (unpaired) electrons. The standard InChI is InChI=1S/C5H9BrN2/c1-2-8-4-3-5(6)7/h3-4,7-8H,2H2,1H3. The molecule has 0 saturated carbocycles. The molecule has 0 fully saturated rings. The maximum absolute atomic E-state index is 6.86. The first-order valence-corrected chi connectivity index (χ1v) is 3.20. The quantitative estimate of drug-likeness (QED) is 0.629. The van der Waals surface area contributed by atoms with E-state index in [2.05, 4.69) is 21.2 Å². The summed E-state index contributed by atoms with van der Waals surface area (Å²) in [5.41, 5.74) is 0. The van der Waals surface area contributed by atoms with Gasteiger partial charge in [0.1, 0.15) is 0 Å². The molecule has 0 aliphatic heterocycles. The zero-order valence-electron chi connectivity index (χ0n) is 4.74. The second-order valence-electron chi connectivity index (χ2n) is 1.24. The Kier molecular flexibility index (Phi) is 4.65. The van der Waals surface area contributed by atoms with Crippen molar-refractivity contribution in [2.45, 2.75) is 6.92 Å². The summed E-state index contributed by atoms with van der Waals surface area (Å²) in [7, 11) is 0. The molecule has 0 saturated heterocycles. The predicted molar refractivity (Wildman–Crippen MR) is 39.5 cm³/mol. The number of allylic oxidation sites excluding steroid dienone is 1. The van der Waals surface area contributed by atoms with Crippen molar-refractivity contribution in [2.75, 3.05) is 6.54 Å². The van der Waals surface area contributed by atoms with E-state index in [1.807, 2.05) is 6.92 Å². The van der Waals surface area contributed by atoms with E-state index >= 15 is 0 Å². The fourth-order valence-electron chi connectivity index (χ4n) is 0.250. The largest absolute Gasteiger partial charge is 0.391 e. The second-order valence-corrected chi connectivity index (χ2v) is 2.09. The minimum Gasteiger partial charge on any atom is -0.391 e. The van der Waals surface area contributed by atoms with E-state index in [0.717, 1.165) is 6.54 Å². The first-order chi connectivity index (χ1) is 3.77. The Morgan fingerprint density at radius 3 is 2.88 bits per heavy atom. The fraction of sp³-hybridized carbons (Fsp3) is 0.400. The average molecular weight is 177 g/mol. The molecule has 0 heterocycles. The van der Waals surface area contributed by atoms with Crippen molar-refractivity contribution in [3.8, 4) is 0 Å². The highest BCUT2D eigenvalue weighted by Crippen LogP contribution is 1.83. The van der Waals surface area contributed by atoms with E-state index in [0.29, 0.717) is 4.62 Å². The number of hydrogen-bond donors (Lipinski definition) is 2. The van der Waals surface area contributed by atoms with E-state index < -0.39 is 0 Å². The molecule has 0 aliphatic carbocycles. The summed E-state index contributed by atoms with van der Waals surface area (Å²) in [6, 6.07) is 0. The lowest BCUT2D eigenvalue weighted by atomic mass is 10.6. The molecule has 0 rings (SSSR count). The minimum absolute atomic E-state index is 0.387. The van der Waals surface area contributed by atoms with Gasteiger partial charge in [0.15, 0.2) is 0 Å². The van der Waals surface area contributed by atoms with Crippen molar-refractivity contribution < 1.29 is 0 Å². The summed E-state index contributed by atoms with van der Waals surface area (Å²) in [6.45, 7) is 2.90. The number of rotatable bonds is 3. The second kappa shape index (κ2) is 4.84. The molecule has 46 valence electrons. The van der Waals surface area contributed by atoms with E-state index in [9.17, 15) is 0 Å². The Balaban J connectivity index is 3.20. The molecule has 0 atom stereocenters. The zero-order chi connectivity index (χ0) is 6.41. The van der Waals surface area contributed by atoms with Gasteiger partial charge in [0.2, 0.25) is 0 Å². The highest BCUT2D eigenvalue weighted by atomic mass is 79.9. The smallest absolute Gasteiger partial charge is 0.0981 e. The minimum atomic E-state index is 0.387.